The number of alkyl halides is 1. The summed E-state index contributed by atoms with van der Waals surface area (Å²) in [6, 6.07) is 7.81. The van der Waals surface area contributed by atoms with E-state index in [0.29, 0.717) is 0 Å². The highest BCUT2D eigenvalue weighted by Gasteiger charge is 2.11. The third kappa shape index (κ3) is 3.08. The van der Waals surface area contributed by atoms with E-state index >= 15 is 0 Å². The number of ketones is 1. The molecule has 1 unspecified atom stereocenters. The molecule has 0 saturated carbocycles. The molecule has 0 spiro atoms. The molecule has 1 aromatic rings. The Bertz CT molecular complexity index is 341. The Morgan fingerprint density at radius 1 is 1.25 bits per heavy atom. The highest BCUT2D eigenvalue weighted by atomic mass is 79.9. The summed E-state index contributed by atoms with van der Waals surface area (Å²) in [7, 11) is 0. The zero-order chi connectivity index (χ0) is 12.1. The molecule has 0 aliphatic carbocycles. The molecule has 1 aromatic carbocycles. The number of carbonyl (C=O) groups excluding carboxylic acids is 1. The fourth-order valence-corrected chi connectivity index (χ4v) is 1.92. The van der Waals surface area contributed by atoms with Gasteiger partial charge >= 0.3 is 0 Å². The molecule has 1 atom stereocenters. The molecule has 0 bridgehead atoms. The van der Waals surface area contributed by atoms with Gasteiger partial charge < -0.3 is 4.90 Å². The van der Waals surface area contributed by atoms with Gasteiger partial charge in [-0.2, -0.15) is 0 Å². The number of anilines is 1. The van der Waals surface area contributed by atoms with Gasteiger partial charge in [-0.3, -0.25) is 4.79 Å². The van der Waals surface area contributed by atoms with Gasteiger partial charge in [-0.1, -0.05) is 15.9 Å². The lowest BCUT2D eigenvalue weighted by Gasteiger charge is -2.21. The Morgan fingerprint density at radius 3 is 2.12 bits per heavy atom. The van der Waals surface area contributed by atoms with Crippen molar-refractivity contribution in [1.82, 2.24) is 0 Å². The van der Waals surface area contributed by atoms with Crippen LogP contribution in [0.15, 0.2) is 24.3 Å². The predicted molar refractivity (Wildman–Crippen MR) is 72.7 cm³/mol. The van der Waals surface area contributed by atoms with Crippen LogP contribution >= 0.6 is 15.9 Å². The lowest BCUT2D eigenvalue weighted by molar-refractivity contribution is 0.0996. The first kappa shape index (κ1) is 13.2. The molecule has 0 fully saturated rings. The fourth-order valence-electron chi connectivity index (χ4n) is 1.65. The van der Waals surface area contributed by atoms with E-state index in [2.05, 4.69) is 34.7 Å². The van der Waals surface area contributed by atoms with Crippen molar-refractivity contribution in [2.75, 3.05) is 18.0 Å². The summed E-state index contributed by atoms with van der Waals surface area (Å²) >= 11 is 3.29. The highest BCUT2D eigenvalue weighted by molar-refractivity contribution is 9.10. The van der Waals surface area contributed by atoms with Crippen molar-refractivity contribution in [3.05, 3.63) is 29.8 Å². The predicted octanol–water partition coefficient (Wildman–Crippen LogP) is 3.50. The van der Waals surface area contributed by atoms with Crippen LogP contribution in [0.3, 0.4) is 0 Å². The number of halogens is 1. The Morgan fingerprint density at radius 2 is 1.75 bits per heavy atom. The standard InChI is InChI=1S/C13H18BrNO/c1-4-15(5-2)12-8-6-11(7-9-12)13(16)10(3)14/h6-10H,4-5H2,1-3H3. The average Bonchev–Trinajstić information content (AvgIpc) is 2.30. The number of benzene rings is 1. The molecule has 2 nitrogen and oxygen atoms in total. The summed E-state index contributed by atoms with van der Waals surface area (Å²) in [5.74, 6) is 0.131. The lowest BCUT2D eigenvalue weighted by atomic mass is 10.1. The van der Waals surface area contributed by atoms with Gasteiger partial charge in [0.15, 0.2) is 5.78 Å². The van der Waals surface area contributed by atoms with Crippen LogP contribution in [0.4, 0.5) is 5.69 Å². The Balaban J connectivity index is 2.86. The Labute approximate surface area is 106 Å². The summed E-state index contributed by atoms with van der Waals surface area (Å²) < 4.78 is 0. The largest absolute Gasteiger partial charge is 0.372 e. The second kappa shape index (κ2) is 6.04. The van der Waals surface area contributed by atoms with Crippen LogP contribution in [0.1, 0.15) is 31.1 Å². The van der Waals surface area contributed by atoms with Crippen LogP contribution in [0.25, 0.3) is 0 Å². The molecule has 0 saturated heterocycles. The van der Waals surface area contributed by atoms with Crippen molar-refractivity contribution < 1.29 is 4.79 Å². The van der Waals surface area contributed by atoms with Gasteiger partial charge in [0.25, 0.3) is 0 Å². The first-order valence-electron chi connectivity index (χ1n) is 5.63. The topological polar surface area (TPSA) is 20.3 Å². The van der Waals surface area contributed by atoms with E-state index in [1.54, 1.807) is 0 Å². The van der Waals surface area contributed by atoms with Gasteiger partial charge in [0, 0.05) is 24.3 Å². The van der Waals surface area contributed by atoms with Crippen LogP contribution < -0.4 is 4.90 Å². The third-order valence-electron chi connectivity index (χ3n) is 2.64. The molecule has 0 amide bonds. The first-order valence-corrected chi connectivity index (χ1v) is 6.55. The molecule has 88 valence electrons. The normalized spacial score (nSPS) is 12.2. The number of nitrogens with zero attached hydrogens (tertiary/aromatic N) is 1. The van der Waals surface area contributed by atoms with E-state index in [9.17, 15) is 4.79 Å². The molecule has 1 rings (SSSR count). The molecule has 0 aromatic heterocycles. The van der Waals surface area contributed by atoms with E-state index in [1.807, 2.05) is 31.2 Å². The number of Topliss-reactive ketones (excluding diaryl/α,β-unsaturated/α-hetero) is 1. The minimum atomic E-state index is -0.119. The maximum Gasteiger partial charge on any atom is 0.176 e. The maximum atomic E-state index is 11.7. The van der Waals surface area contributed by atoms with Crippen molar-refractivity contribution in [1.29, 1.82) is 0 Å². The van der Waals surface area contributed by atoms with E-state index in [0.717, 1.165) is 18.7 Å². The summed E-state index contributed by atoms with van der Waals surface area (Å²) in [5, 5.41) is 0. The van der Waals surface area contributed by atoms with Crippen LogP contribution in [0.2, 0.25) is 0 Å². The number of rotatable bonds is 5. The molecule has 3 heteroatoms. The number of hydrogen-bond donors (Lipinski definition) is 0. The summed E-state index contributed by atoms with van der Waals surface area (Å²) in [6.07, 6.45) is 0. The fraction of sp³-hybridized carbons (Fsp3) is 0.462. The molecule has 0 radical (unpaired) electrons. The van der Waals surface area contributed by atoms with E-state index < -0.39 is 0 Å². The van der Waals surface area contributed by atoms with E-state index in [-0.39, 0.29) is 10.6 Å². The van der Waals surface area contributed by atoms with Gasteiger partial charge in [0.05, 0.1) is 4.83 Å². The number of hydrogen-bond acceptors (Lipinski definition) is 2. The summed E-state index contributed by atoms with van der Waals surface area (Å²) in [6.45, 7) is 8.07. The minimum absolute atomic E-state index is 0.119. The van der Waals surface area contributed by atoms with Crippen LogP contribution in [-0.4, -0.2) is 23.7 Å². The second-order valence-corrected chi connectivity index (χ2v) is 5.07. The summed E-state index contributed by atoms with van der Waals surface area (Å²) in [5.41, 5.74) is 1.93. The third-order valence-corrected chi connectivity index (χ3v) is 3.06. The molecule has 0 heterocycles. The smallest absolute Gasteiger partial charge is 0.176 e. The maximum absolute atomic E-state index is 11.7. The van der Waals surface area contributed by atoms with Crippen LogP contribution in [0, 0.1) is 0 Å². The van der Waals surface area contributed by atoms with Crippen molar-refractivity contribution in [3.63, 3.8) is 0 Å². The Kier molecular flexibility index (Phi) is 5.00. The van der Waals surface area contributed by atoms with E-state index in [1.165, 1.54) is 5.69 Å². The van der Waals surface area contributed by atoms with Crippen LogP contribution in [0.5, 0.6) is 0 Å². The van der Waals surface area contributed by atoms with Gasteiger partial charge in [0.1, 0.15) is 0 Å². The minimum Gasteiger partial charge on any atom is -0.372 e. The second-order valence-electron chi connectivity index (χ2n) is 3.70. The van der Waals surface area contributed by atoms with Gasteiger partial charge in [0.2, 0.25) is 0 Å². The molecular formula is C13H18BrNO. The quantitative estimate of drug-likeness (QED) is 0.609. The van der Waals surface area contributed by atoms with Crippen molar-refractivity contribution in [2.45, 2.75) is 25.6 Å². The lowest BCUT2D eigenvalue weighted by Crippen LogP contribution is -2.21. The number of carbonyl (C=O) groups is 1. The van der Waals surface area contributed by atoms with Crippen molar-refractivity contribution in [2.24, 2.45) is 0 Å². The van der Waals surface area contributed by atoms with Gasteiger partial charge in [-0.05, 0) is 45.0 Å². The van der Waals surface area contributed by atoms with E-state index in [4.69, 9.17) is 0 Å². The van der Waals surface area contributed by atoms with Crippen LogP contribution in [-0.2, 0) is 0 Å². The SMILES string of the molecule is CCN(CC)c1ccc(C(=O)C(C)Br)cc1. The zero-order valence-electron chi connectivity index (χ0n) is 10.0. The molecular weight excluding hydrogens is 266 g/mol. The van der Waals surface area contributed by atoms with Gasteiger partial charge in [-0.15, -0.1) is 0 Å². The monoisotopic (exact) mass is 283 g/mol. The molecule has 16 heavy (non-hydrogen) atoms. The van der Waals surface area contributed by atoms with Gasteiger partial charge in [-0.25, -0.2) is 0 Å². The zero-order valence-corrected chi connectivity index (χ0v) is 11.6. The molecule has 0 N–H and O–H groups in total. The molecule has 0 aliphatic heterocycles. The average molecular weight is 284 g/mol. The molecule has 0 aliphatic rings. The van der Waals surface area contributed by atoms with Crippen molar-refractivity contribution in [3.8, 4) is 0 Å². The Hall–Kier alpha value is -0.830. The highest BCUT2D eigenvalue weighted by Crippen LogP contribution is 2.17. The van der Waals surface area contributed by atoms with Crippen molar-refractivity contribution >= 4 is 27.4 Å². The first-order chi connectivity index (χ1) is 7.60. The summed E-state index contributed by atoms with van der Waals surface area (Å²) in [4.78, 5) is 13.8.